The van der Waals surface area contributed by atoms with Crippen molar-refractivity contribution < 1.29 is 4.18 Å². The topological polar surface area (TPSA) is 9.23 Å². The van der Waals surface area contributed by atoms with E-state index in [1.807, 2.05) is 0 Å². The van der Waals surface area contributed by atoms with Crippen LogP contribution in [0, 0.1) is 12.8 Å². The van der Waals surface area contributed by atoms with Crippen LogP contribution in [-0.2, 0) is 15.0 Å². The quantitative estimate of drug-likeness (QED) is 0.447. The number of rotatable bonds is 6. The summed E-state index contributed by atoms with van der Waals surface area (Å²) in [5, 5.41) is 0. The third kappa shape index (κ3) is 4.81. The molecule has 0 atom stereocenters. The molecule has 0 amide bonds. The number of fused-ring (bicyclic) bond motifs is 1. The second-order valence-electron chi connectivity index (χ2n) is 10.2. The highest BCUT2D eigenvalue weighted by Gasteiger charge is 2.37. The van der Waals surface area contributed by atoms with Gasteiger partial charge in [0.05, 0.1) is 6.61 Å². The summed E-state index contributed by atoms with van der Waals surface area (Å²) in [6.45, 7) is 21.3. The van der Waals surface area contributed by atoms with Gasteiger partial charge in [0.1, 0.15) is 0 Å². The molecule has 0 N–H and O–H groups in total. The summed E-state index contributed by atoms with van der Waals surface area (Å²) in [6, 6.07) is 13.4. The molecule has 0 unspecified atom stereocenters. The van der Waals surface area contributed by atoms with Gasteiger partial charge in [-0.2, -0.15) is 0 Å². The first kappa shape index (κ1) is 22.2. The number of benzene rings is 2. The minimum absolute atomic E-state index is 0.210. The maximum atomic E-state index is 5.68. The highest BCUT2D eigenvalue weighted by Crippen LogP contribution is 2.47. The van der Waals surface area contributed by atoms with E-state index in [1.165, 1.54) is 52.7 Å². The molecule has 2 aromatic rings. The molecule has 2 aromatic carbocycles. The van der Waals surface area contributed by atoms with E-state index in [0.717, 1.165) is 17.1 Å². The number of aryl methyl sites for hydroxylation is 1. The summed E-state index contributed by atoms with van der Waals surface area (Å²) in [5.41, 5.74) is 8.32. The molecule has 1 nitrogen and oxygen atoms in total. The molecular formula is C27H36OS. The lowest BCUT2D eigenvalue weighted by Gasteiger charge is -2.42. The van der Waals surface area contributed by atoms with Crippen LogP contribution < -0.4 is 0 Å². The second kappa shape index (κ2) is 8.32. The summed E-state index contributed by atoms with van der Waals surface area (Å²) in [5.74, 6) is 0.544. The van der Waals surface area contributed by atoms with Crippen molar-refractivity contribution in [2.75, 3.05) is 6.61 Å². The largest absolute Gasteiger partial charge is 0.310 e. The van der Waals surface area contributed by atoms with Crippen molar-refractivity contribution in [2.24, 2.45) is 5.92 Å². The molecule has 2 heteroatoms. The zero-order valence-corrected chi connectivity index (χ0v) is 20.0. The van der Waals surface area contributed by atoms with Crippen LogP contribution in [0.1, 0.15) is 82.2 Å². The minimum atomic E-state index is 0.210. The van der Waals surface area contributed by atoms with Gasteiger partial charge >= 0.3 is 0 Å². The highest BCUT2D eigenvalue weighted by atomic mass is 32.2. The third-order valence-corrected chi connectivity index (χ3v) is 7.00. The Bertz CT molecular complexity index is 887. The zero-order valence-electron chi connectivity index (χ0n) is 19.2. The Hall–Kier alpha value is -1.51. The predicted molar refractivity (Wildman–Crippen MR) is 128 cm³/mol. The molecule has 0 radical (unpaired) electrons. The molecule has 1 aliphatic rings. The minimum Gasteiger partial charge on any atom is -0.310 e. The first-order chi connectivity index (χ1) is 13.5. The van der Waals surface area contributed by atoms with Crippen LogP contribution in [0.5, 0.6) is 0 Å². The van der Waals surface area contributed by atoms with E-state index < -0.39 is 0 Å². The van der Waals surface area contributed by atoms with Crippen molar-refractivity contribution in [3.05, 3.63) is 70.8 Å². The van der Waals surface area contributed by atoms with E-state index in [1.54, 1.807) is 0 Å². The van der Waals surface area contributed by atoms with Crippen LogP contribution in [0.15, 0.2) is 47.9 Å². The fourth-order valence-corrected chi connectivity index (χ4v) is 4.88. The van der Waals surface area contributed by atoms with Crippen LogP contribution in [-0.4, -0.2) is 6.61 Å². The maximum absolute atomic E-state index is 5.68. The zero-order chi connectivity index (χ0) is 21.4. The standard InChI is InChI=1S/C27H36OS/c1-18(2)17-28-29-22-11-9-21(10-12-22)20(4)23-16-25-24(15-19(23)3)26(5,6)13-14-27(25,7)8/h9-12,15-16,18H,4,13-14,17H2,1-3,5-8H3. The van der Waals surface area contributed by atoms with Crippen LogP contribution in [0.2, 0.25) is 0 Å². The van der Waals surface area contributed by atoms with Gasteiger partial charge in [0, 0.05) is 16.9 Å². The van der Waals surface area contributed by atoms with Crippen LogP contribution in [0.25, 0.3) is 5.57 Å². The van der Waals surface area contributed by atoms with Gasteiger partial charge in [-0.1, -0.05) is 72.4 Å². The fraction of sp³-hybridized carbons (Fsp3) is 0.481. The van der Waals surface area contributed by atoms with Gasteiger partial charge in [-0.05, 0) is 82.0 Å². The van der Waals surface area contributed by atoms with E-state index in [9.17, 15) is 0 Å². The molecule has 0 saturated carbocycles. The molecule has 0 bridgehead atoms. The first-order valence-electron chi connectivity index (χ1n) is 10.8. The van der Waals surface area contributed by atoms with Crippen molar-refractivity contribution in [1.29, 1.82) is 0 Å². The van der Waals surface area contributed by atoms with Gasteiger partial charge in [0.2, 0.25) is 0 Å². The Kier molecular flexibility index (Phi) is 6.36. The van der Waals surface area contributed by atoms with E-state index in [2.05, 4.69) is 91.4 Å². The van der Waals surface area contributed by atoms with Crippen LogP contribution in [0.3, 0.4) is 0 Å². The van der Waals surface area contributed by atoms with Crippen LogP contribution >= 0.6 is 12.0 Å². The van der Waals surface area contributed by atoms with E-state index in [4.69, 9.17) is 4.18 Å². The number of hydrogen-bond acceptors (Lipinski definition) is 2. The molecule has 29 heavy (non-hydrogen) atoms. The van der Waals surface area contributed by atoms with Gasteiger partial charge in [-0.15, -0.1) is 0 Å². The molecule has 0 fully saturated rings. The van der Waals surface area contributed by atoms with Gasteiger partial charge in [0.25, 0.3) is 0 Å². The van der Waals surface area contributed by atoms with Gasteiger partial charge in [0.15, 0.2) is 0 Å². The summed E-state index contributed by atoms with van der Waals surface area (Å²) in [4.78, 5) is 1.13. The molecule has 3 rings (SSSR count). The van der Waals surface area contributed by atoms with E-state index in [-0.39, 0.29) is 10.8 Å². The van der Waals surface area contributed by atoms with Gasteiger partial charge in [-0.3, -0.25) is 0 Å². The second-order valence-corrected chi connectivity index (χ2v) is 11.1. The molecule has 0 spiro atoms. The average Bonchev–Trinajstić information content (AvgIpc) is 2.65. The average molecular weight is 409 g/mol. The summed E-state index contributed by atoms with van der Waals surface area (Å²) < 4.78 is 5.68. The Morgan fingerprint density at radius 3 is 2.10 bits per heavy atom. The normalized spacial score (nSPS) is 17.2. The fourth-order valence-electron chi connectivity index (χ4n) is 4.15. The van der Waals surface area contributed by atoms with E-state index in [0.29, 0.717) is 5.92 Å². The number of hydrogen-bond donors (Lipinski definition) is 0. The van der Waals surface area contributed by atoms with Crippen LogP contribution in [0.4, 0.5) is 0 Å². The smallest absolute Gasteiger partial charge is 0.0641 e. The van der Waals surface area contributed by atoms with Gasteiger partial charge < -0.3 is 4.18 Å². The summed E-state index contributed by atoms with van der Waals surface area (Å²) in [7, 11) is 0. The monoisotopic (exact) mass is 408 g/mol. The van der Waals surface area contributed by atoms with Crippen molar-refractivity contribution >= 4 is 17.6 Å². The Balaban J connectivity index is 1.88. The molecule has 0 saturated heterocycles. The Morgan fingerprint density at radius 2 is 1.55 bits per heavy atom. The molecule has 156 valence electrons. The van der Waals surface area contributed by atoms with Crippen molar-refractivity contribution in [2.45, 2.75) is 77.0 Å². The SMILES string of the molecule is C=C(c1ccc(SOCC(C)C)cc1)c1cc2c(cc1C)C(C)(C)CCC2(C)C. The maximum Gasteiger partial charge on any atom is 0.0641 e. The molecule has 0 aliphatic heterocycles. The van der Waals surface area contributed by atoms with Crippen molar-refractivity contribution in [3.63, 3.8) is 0 Å². The van der Waals surface area contributed by atoms with Crippen molar-refractivity contribution in [1.82, 2.24) is 0 Å². The molecule has 0 aromatic heterocycles. The molecular weight excluding hydrogens is 372 g/mol. The van der Waals surface area contributed by atoms with Gasteiger partial charge in [-0.25, -0.2) is 0 Å². The lowest BCUT2D eigenvalue weighted by atomic mass is 9.62. The van der Waals surface area contributed by atoms with E-state index >= 15 is 0 Å². The third-order valence-electron chi connectivity index (χ3n) is 6.28. The molecule has 1 aliphatic carbocycles. The lowest BCUT2D eigenvalue weighted by Crippen LogP contribution is -2.34. The Morgan fingerprint density at radius 1 is 1.00 bits per heavy atom. The first-order valence-corrected chi connectivity index (χ1v) is 11.5. The molecule has 0 heterocycles. The lowest BCUT2D eigenvalue weighted by molar-refractivity contribution is 0.315. The summed E-state index contributed by atoms with van der Waals surface area (Å²) in [6.07, 6.45) is 2.47. The highest BCUT2D eigenvalue weighted by molar-refractivity contribution is 7.94. The Labute approximate surface area is 182 Å². The van der Waals surface area contributed by atoms with Crippen molar-refractivity contribution in [3.8, 4) is 0 Å². The predicted octanol–water partition coefficient (Wildman–Crippen LogP) is 8.09. The summed E-state index contributed by atoms with van der Waals surface area (Å²) >= 11 is 1.46.